The second-order valence-corrected chi connectivity index (χ2v) is 6.65. The fraction of sp³-hybridized carbons (Fsp3) is 0.733. The van der Waals surface area contributed by atoms with E-state index in [0.29, 0.717) is 6.42 Å². The Kier molecular flexibility index (Phi) is 3.99. The van der Waals surface area contributed by atoms with Crippen molar-refractivity contribution in [2.24, 2.45) is 7.05 Å². The Labute approximate surface area is 126 Å². The van der Waals surface area contributed by atoms with Crippen LogP contribution in [0.2, 0.25) is 0 Å². The number of amides is 1. The smallest absolute Gasteiger partial charge is 0.220 e. The molecule has 0 radical (unpaired) electrons. The van der Waals surface area contributed by atoms with E-state index in [0.717, 1.165) is 45.6 Å². The fourth-order valence-corrected chi connectivity index (χ4v) is 3.66. The fourth-order valence-electron chi connectivity index (χ4n) is 3.66. The van der Waals surface area contributed by atoms with Gasteiger partial charge in [0.1, 0.15) is 0 Å². The van der Waals surface area contributed by atoms with E-state index in [1.807, 2.05) is 17.9 Å². The summed E-state index contributed by atoms with van der Waals surface area (Å²) in [5.41, 5.74) is 1.15. The van der Waals surface area contributed by atoms with Crippen LogP contribution in [0.25, 0.3) is 0 Å². The van der Waals surface area contributed by atoms with Crippen LogP contribution in [0, 0.1) is 0 Å². The Hall–Kier alpha value is -1.40. The van der Waals surface area contributed by atoms with E-state index in [2.05, 4.69) is 33.5 Å². The SMILES string of the molecule is CN1CCN(Cc2cnn(C)c2)CC2(CCCC(=O)N2)C1. The molecule has 116 valence electrons. The predicted octanol–water partition coefficient (Wildman–Crippen LogP) is 0.206. The maximum atomic E-state index is 11.9. The molecule has 6 heteroatoms. The van der Waals surface area contributed by atoms with Gasteiger partial charge in [0.25, 0.3) is 0 Å². The van der Waals surface area contributed by atoms with Crippen LogP contribution in [0.4, 0.5) is 0 Å². The van der Waals surface area contributed by atoms with Gasteiger partial charge in [0.15, 0.2) is 0 Å². The number of carbonyl (C=O) groups is 1. The van der Waals surface area contributed by atoms with Crippen LogP contribution in [0.15, 0.2) is 12.4 Å². The standard InChI is InChI=1S/C15H25N5O/c1-18-6-7-20(10-13-8-16-19(2)9-13)12-15(11-18)5-3-4-14(21)17-15/h8-9H,3-7,10-12H2,1-2H3,(H,17,21). The number of likely N-dealkylation sites (N-methyl/N-ethyl adjacent to an activating group) is 1. The van der Waals surface area contributed by atoms with E-state index in [4.69, 9.17) is 0 Å². The summed E-state index contributed by atoms with van der Waals surface area (Å²) < 4.78 is 1.84. The van der Waals surface area contributed by atoms with Crippen molar-refractivity contribution < 1.29 is 4.79 Å². The molecule has 1 aromatic heterocycles. The molecule has 2 aliphatic heterocycles. The molecule has 0 saturated carbocycles. The lowest BCUT2D eigenvalue weighted by atomic mass is 9.87. The van der Waals surface area contributed by atoms with Gasteiger partial charge < -0.3 is 10.2 Å². The summed E-state index contributed by atoms with van der Waals surface area (Å²) in [5, 5.41) is 7.53. The normalized spacial score (nSPS) is 28.6. The first kappa shape index (κ1) is 14.5. The third-order valence-corrected chi connectivity index (χ3v) is 4.53. The molecule has 3 rings (SSSR count). The molecule has 1 amide bonds. The number of aromatic nitrogens is 2. The van der Waals surface area contributed by atoms with Gasteiger partial charge in [0.2, 0.25) is 5.91 Å². The van der Waals surface area contributed by atoms with Crippen molar-refractivity contribution in [1.82, 2.24) is 24.9 Å². The number of carbonyl (C=O) groups excluding carboxylic acids is 1. The highest BCUT2D eigenvalue weighted by Gasteiger charge is 2.39. The molecule has 21 heavy (non-hydrogen) atoms. The quantitative estimate of drug-likeness (QED) is 0.846. The molecule has 6 nitrogen and oxygen atoms in total. The average Bonchev–Trinajstić information content (AvgIpc) is 2.74. The van der Waals surface area contributed by atoms with Gasteiger partial charge in [-0.15, -0.1) is 0 Å². The van der Waals surface area contributed by atoms with E-state index in [1.54, 1.807) is 0 Å². The molecule has 1 spiro atoms. The molecule has 1 atom stereocenters. The number of hydrogen-bond acceptors (Lipinski definition) is 4. The van der Waals surface area contributed by atoms with E-state index in [-0.39, 0.29) is 11.4 Å². The minimum Gasteiger partial charge on any atom is -0.348 e. The number of nitrogens with zero attached hydrogens (tertiary/aromatic N) is 4. The first-order valence-electron chi connectivity index (χ1n) is 7.74. The minimum absolute atomic E-state index is 0.0806. The lowest BCUT2D eigenvalue weighted by Gasteiger charge is -2.40. The molecule has 0 bridgehead atoms. The molecule has 2 aliphatic rings. The summed E-state index contributed by atoms with van der Waals surface area (Å²) in [5.74, 6) is 0.206. The highest BCUT2D eigenvalue weighted by atomic mass is 16.1. The third kappa shape index (κ3) is 3.44. The molecule has 2 saturated heterocycles. The molecule has 1 aromatic rings. The monoisotopic (exact) mass is 291 g/mol. The Bertz CT molecular complexity index is 514. The molecular formula is C15H25N5O. The van der Waals surface area contributed by atoms with Crippen LogP contribution in [0.3, 0.4) is 0 Å². The van der Waals surface area contributed by atoms with Gasteiger partial charge in [-0.1, -0.05) is 0 Å². The first-order valence-corrected chi connectivity index (χ1v) is 7.74. The largest absolute Gasteiger partial charge is 0.348 e. The Morgan fingerprint density at radius 3 is 2.90 bits per heavy atom. The van der Waals surface area contributed by atoms with Gasteiger partial charge in [0, 0.05) is 58.0 Å². The Morgan fingerprint density at radius 2 is 2.19 bits per heavy atom. The summed E-state index contributed by atoms with van der Waals surface area (Å²) in [6, 6.07) is 0. The summed E-state index contributed by atoms with van der Waals surface area (Å²) in [6.45, 7) is 4.85. The lowest BCUT2D eigenvalue weighted by Crippen LogP contribution is -2.60. The summed E-state index contributed by atoms with van der Waals surface area (Å²) in [4.78, 5) is 16.7. The van der Waals surface area contributed by atoms with Gasteiger partial charge in [-0.3, -0.25) is 14.4 Å². The van der Waals surface area contributed by atoms with Gasteiger partial charge in [-0.05, 0) is 19.9 Å². The van der Waals surface area contributed by atoms with Crippen LogP contribution in [0.1, 0.15) is 24.8 Å². The first-order chi connectivity index (χ1) is 10.0. The van der Waals surface area contributed by atoms with E-state index < -0.39 is 0 Å². The summed E-state index contributed by atoms with van der Waals surface area (Å²) >= 11 is 0. The highest BCUT2D eigenvalue weighted by Crippen LogP contribution is 2.25. The number of rotatable bonds is 2. The molecule has 3 heterocycles. The molecule has 0 aromatic carbocycles. The van der Waals surface area contributed by atoms with E-state index in [9.17, 15) is 4.79 Å². The Balaban J connectivity index is 1.74. The number of aryl methyl sites for hydroxylation is 1. The van der Waals surface area contributed by atoms with Crippen molar-refractivity contribution in [2.45, 2.75) is 31.3 Å². The van der Waals surface area contributed by atoms with Gasteiger partial charge >= 0.3 is 0 Å². The van der Waals surface area contributed by atoms with Crippen LogP contribution in [-0.2, 0) is 18.4 Å². The number of nitrogens with one attached hydrogen (secondary N) is 1. The average molecular weight is 291 g/mol. The third-order valence-electron chi connectivity index (χ3n) is 4.53. The zero-order valence-electron chi connectivity index (χ0n) is 13.0. The zero-order chi connectivity index (χ0) is 14.9. The Morgan fingerprint density at radius 1 is 1.33 bits per heavy atom. The van der Waals surface area contributed by atoms with Crippen LogP contribution >= 0.6 is 0 Å². The maximum absolute atomic E-state index is 11.9. The van der Waals surface area contributed by atoms with Gasteiger partial charge in [-0.25, -0.2) is 0 Å². The highest BCUT2D eigenvalue weighted by molar-refractivity contribution is 5.77. The molecule has 1 unspecified atom stereocenters. The topological polar surface area (TPSA) is 53.4 Å². The number of hydrogen-bond donors (Lipinski definition) is 1. The molecule has 1 N–H and O–H groups in total. The number of piperidine rings is 1. The van der Waals surface area contributed by atoms with Crippen LogP contribution < -0.4 is 5.32 Å². The van der Waals surface area contributed by atoms with Crippen molar-refractivity contribution in [3.05, 3.63) is 18.0 Å². The van der Waals surface area contributed by atoms with E-state index in [1.165, 1.54) is 5.56 Å². The lowest BCUT2D eigenvalue weighted by molar-refractivity contribution is -0.125. The zero-order valence-corrected chi connectivity index (χ0v) is 13.0. The van der Waals surface area contributed by atoms with Crippen LogP contribution in [-0.4, -0.2) is 64.3 Å². The van der Waals surface area contributed by atoms with Gasteiger partial charge in [0.05, 0.1) is 11.7 Å². The molecular weight excluding hydrogens is 266 g/mol. The van der Waals surface area contributed by atoms with Crippen molar-refractivity contribution in [3.8, 4) is 0 Å². The summed E-state index contributed by atoms with van der Waals surface area (Å²) in [7, 11) is 4.10. The minimum atomic E-state index is -0.0806. The van der Waals surface area contributed by atoms with Crippen molar-refractivity contribution >= 4 is 5.91 Å². The van der Waals surface area contributed by atoms with E-state index >= 15 is 0 Å². The van der Waals surface area contributed by atoms with Crippen LogP contribution in [0.5, 0.6) is 0 Å². The molecule has 0 aliphatic carbocycles. The van der Waals surface area contributed by atoms with Crippen molar-refractivity contribution in [1.29, 1.82) is 0 Å². The second-order valence-electron chi connectivity index (χ2n) is 6.65. The predicted molar refractivity (Wildman–Crippen MR) is 80.7 cm³/mol. The van der Waals surface area contributed by atoms with Gasteiger partial charge in [-0.2, -0.15) is 5.10 Å². The maximum Gasteiger partial charge on any atom is 0.220 e. The van der Waals surface area contributed by atoms with Crippen molar-refractivity contribution in [2.75, 3.05) is 33.2 Å². The summed E-state index contributed by atoms with van der Waals surface area (Å²) in [6.07, 6.45) is 6.75. The second kappa shape index (κ2) is 5.77. The van der Waals surface area contributed by atoms with Crippen molar-refractivity contribution in [3.63, 3.8) is 0 Å². The molecule has 2 fully saturated rings.